The molecule has 4 heteroatoms. The Morgan fingerprint density at radius 2 is 2.12 bits per heavy atom. The van der Waals surface area contributed by atoms with E-state index in [-0.39, 0.29) is 18.4 Å². The lowest BCUT2D eigenvalue weighted by atomic mass is 9.86. The van der Waals surface area contributed by atoms with Gasteiger partial charge in [-0.15, -0.1) is 0 Å². The van der Waals surface area contributed by atoms with Crippen molar-refractivity contribution in [2.75, 3.05) is 13.7 Å². The number of hydrogen-bond acceptors (Lipinski definition) is 3. The summed E-state index contributed by atoms with van der Waals surface area (Å²) in [6.45, 7) is -0.00382. The zero-order valence-corrected chi connectivity index (χ0v) is 9.70. The molecule has 4 nitrogen and oxygen atoms in total. The summed E-state index contributed by atoms with van der Waals surface area (Å²) in [5.74, 6) is 1.78. The molecular formula is C12H19NO3. The molecule has 0 heterocycles. The van der Waals surface area contributed by atoms with Gasteiger partial charge >= 0.3 is 5.97 Å². The van der Waals surface area contributed by atoms with Gasteiger partial charge in [-0.05, 0) is 37.0 Å². The van der Waals surface area contributed by atoms with Crippen LogP contribution in [0, 0.1) is 17.8 Å². The fourth-order valence-electron chi connectivity index (χ4n) is 3.18. The van der Waals surface area contributed by atoms with E-state index in [1.165, 1.54) is 32.8 Å². The summed E-state index contributed by atoms with van der Waals surface area (Å²) in [5.41, 5.74) is 0. The topological polar surface area (TPSA) is 55.4 Å². The van der Waals surface area contributed by atoms with Crippen LogP contribution in [0.15, 0.2) is 0 Å². The summed E-state index contributed by atoms with van der Waals surface area (Å²) in [5, 5.41) is 2.61. The maximum absolute atomic E-state index is 11.6. The van der Waals surface area contributed by atoms with E-state index in [4.69, 9.17) is 0 Å². The lowest BCUT2D eigenvalue weighted by molar-refractivity contribution is -0.141. The first-order valence-corrected chi connectivity index (χ1v) is 6.02. The molecule has 3 atom stereocenters. The number of nitrogens with one attached hydrogen (secondary N) is 1. The van der Waals surface area contributed by atoms with Gasteiger partial charge in [-0.1, -0.05) is 6.42 Å². The van der Waals surface area contributed by atoms with Crippen molar-refractivity contribution in [1.29, 1.82) is 0 Å². The molecule has 2 aliphatic rings. The van der Waals surface area contributed by atoms with Crippen molar-refractivity contribution in [2.24, 2.45) is 17.8 Å². The van der Waals surface area contributed by atoms with Crippen molar-refractivity contribution in [3.8, 4) is 0 Å². The Kier molecular flexibility index (Phi) is 3.46. The number of ether oxygens (including phenoxy) is 1. The first-order valence-electron chi connectivity index (χ1n) is 6.02. The first-order chi connectivity index (χ1) is 7.69. The lowest BCUT2D eigenvalue weighted by Gasteiger charge is -2.20. The van der Waals surface area contributed by atoms with Crippen molar-refractivity contribution in [2.45, 2.75) is 32.1 Å². The number of methoxy groups -OCH3 is 1. The Morgan fingerprint density at radius 1 is 1.31 bits per heavy atom. The Bertz CT molecular complexity index is 290. The molecule has 2 saturated carbocycles. The number of carbonyl (C=O) groups is 2. The maximum Gasteiger partial charge on any atom is 0.325 e. The van der Waals surface area contributed by atoms with Crippen LogP contribution in [-0.4, -0.2) is 25.5 Å². The molecule has 2 aliphatic carbocycles. The largest absolute Gasteiger partial charge is 0.468 e. The van der Waals surface area contributed by atoms with Crippen LogP contribution in [0.4, 0.5) is 0 Å². The molecule has 0 aromatic heterocycles. The van der Waals surface area contributed by atoms with E-state index in [2.05, 4.69) is 10.1 Å². The zero-order valence-electron chi connectivity index (χ0n) is 9.70. The zero-order chi connectivity index (χ0) is 11.5. The Morgan fingerprint density at radius 3 is 2.69 bits per heavy atom. The lowest BCUT2D eigenvalue weighted by Crippen LogP contribution is -2.32. The van der Waals surface area contributed by atoms with Gasteiger partial charge in [0, 0.05) is 6.42 Å². The van der Waals surface area contributed by atoms with Crippen molar-refractivity contribution >= 4 is 11.9 Å². The normalized spacial score (nSPS) is 31.4. The molecule has 0 aromatic rings. The standard InChI is InChI=1S/C12H19NO3/c1-16-12(15)7-13-11(14)6-10-5-8-2-3-9(10)4-8/h8-10H,2-7H2,1H3,(H,13,14)/t8-,9+,10+/m0/s1. The van der Waals surface area contributed by atoms with E-state index in [0.29, 0.717) is 12.3 Å². The van der Waals surface area contributed by atoms with Crippen LogP contribution in [0.5, 0.6) is 0 Å². The van der Waals surface area contributed by atoms with Gasteiger partial charge in [-0.2, -0.15) is 0 Å². The molecule has 90 valence electrons. The van der Waals surface area contributed by atoms with Gasteiger partial charge in [0.05, 0.1) is 7.11 Å². The summed E-state index contributed by atoms with van der Waals surface area (Å²) in [4.78, 5) is 22.4. The minimum absolute atomic E-state index is 0.00382. The molecule has 16 heavy (non-hydrogen) atoms. The van der Waals surface area contributed by atoms with E-state index < -0.39 is 0 Å². The van der Waals surface area contributed by atoms with Crippen LogP contribution >= 0.6 is 0 Å². The Balaban J connectivity index is 1.69. The van der Waals surface area contributed by atoms with Crippen molar-refractivity contribution in [3.63, 3.8) is 0 Å². The van der Waals surface area contributed by atoms with E-state index in [1.54, 1.807) is 0 Å². The van der Waals surface area contributed by atoms with Gasteiger partial charge in [-0.3, -0.25) is 9.59 Å². The fourth-order valence-corrected chi connectivity index (χ4v) is 3.18. The summed E-state index contributed by atoms with van der Waals surface area (Å²) in [6, 6.07) is 0. The summed E-state index contributed by atoms with van der Waals surface area (Å²) in [7, 11) is 1.32. The minimum Gasteiger partial charge on any atom is -0.468 e. The quantitative estimate of drug-likeness (QED) is 0.729. The number of carbonyl (C=O) groups excluding carboxylic acids is 2. The maximum atomic E-state index is 11.6. The highest BCUT2D eigenvalue weighted by Crippen LogP contribution is 2.49. The summed E-state index contributed by atoms with van der Waals surface area (Å²) < 4.78 is 4.47. The number of rotatable bonds is 4. The number of fused-ring (bicyclic) bond motifs is 2. The third kappa shape index (κ3) is 2.54. The molecule has 1 N–H and O–H groups in total. The highest BCUT2D eigenvalue weighted by molar-refractivity contribution is 5.81. The van der Waals surface area contributed by atoms with Gasteiger partial charge in [0.1, 0.15) is 6.54 Å². The number of esters is 1. The van der Waals surface area contributed by atoms with Gasteiger partial charge in [0.25, 0.3) is 0 Å². The second-order valence-corrected chi connectivity index (χ2v) is 4.99. The molecule has 0 aliphatic heterocycles. The van der Waals surface area contributed by atoms with Crippen LogP contribution < -0.4 is 5.32 Å². The van der Waals surface area contributed by atoms with Crippen LogP contribution in [0.3, 0.4) is 0 Å². The van der Waals surface area contributed by atoms with Gasteiger partial charge in [-0.25, -0.2) is 0 Å². The molecule has 0 radical (unpaired) electrons. The molecule has 0 saturated heterocycles. The minimum atomic E-state index is -0.388. The highest BCUT2D eigenvalue weighted by atomic mass is 16.5. The second kappa shape index (κ2) is 4.85. The first kappa shape index (κ1) is 11.4. The van der Waals surface area contributed by atoms with Crippen molar-refractivity contribution in [3.05, 3.63) is 0 Å². The molecular weight excluding hydrogens is 206 g/mol. The summed E-state index contributed by atoms with van der Waals surface area (Å²) in [6.07, 6.45) is 5.74. The van der Waals surface area contributed by atoms with E-state index >= 15 is 0 Å². The van der Waals surface area contributed by atoms with Gasteiger partial charge < -0.3 is 10.1 Å². The molecule has 2 fully saturated rings. The molecule has 2 bridgehead atoms. The summed E-state index contributed by atoms with van der Waals surface area (Å²) >= 11 is 0. The average molecular weight is 225 g/mol. The molecule has 0 aromatic carbocycles. The van der Waals surface area contributed by atoms with Crippen molar-refractivity contribution in [1.82, 2.24) is 5.32 Å². The Labute approximate surface area is 95.7 Å². The van der Waals surface area contributed by atoms with Crippen molar-refractivity contribution < 1.29 is 14.3 Å². The van der Waals surface area contributed by atoms with E-state index in [9.17, 15) is 9.59 Å². The highest BCUT2D eigenvalue weighted by Gasteiger charge is 2.39. The number of amides is 1. The van der Waals surface area contributed by atoms with E-state index in [0.717, 1.165) is 11.8 Å². The second-order valence-electron chi connectivity index (χ2n) is 4.99. The molecule has 2 rings (SSSR count). The van der Waals surface area contributed by atoms with Gasteiger partial charge in [0.2, 0.25) is 5.91 Å². The van der Waals surface area contributed by atoms with Crippen LogP contribution in [0.2, 0.25) is 0 Å². The molecule has 0 unspecified atom stereocenters. The number of hydrogen-bond donors (Lipinski definition) is 1. The third-order valence-electron chi connectivity index (χ3n) is 3.99. The van der Waals surface area contributed by atoms with Crippen LogP contribution in [0.1, 0.15) is 32.1 Å². The molecule has 1 amide bonds. The van der Waals surface area contributed by atoms with Crippen LogP contribution in [0.25, 0.3) is 0 Å². The molecule has 0 spiro atoms. The predicted octanol–water partition coefficient (Wildman–Crippen LogP) is 1.10. The van der Waals surface area contributed by atoms with Gasteiger partial charge in [0.15, 0.2) is 0 Å². The Hall–Kier alpha value is -1.06. The fraction of sp³-hybridized carbons (Fsp3) is 0.833. The predicted molar refractivity (Wildman–Crippen MR) is 58.6 cm³/mol. The van der Waals surface area contributed by atoms with E-state index in [1.807, 2.05) is 0 Å². The SMILES string of the molecule is COC(=O)CNC(=O)C[C@H]1C[C@H]2CC[C@@H]1C2. The third-order valence-corrected chi connectivity index (χ3v) is 3.99. The smallest absolute Gasteiger partial charge is 0.325 e. The van der Waals surface area contributed by atoms with Crippen LogP contribution in [-0.2, 0) is 14.3 Å². The average Bonchev–Trinajstić information content (AvgIpc) is 2.87. The monoisotopic (exact) mass is 225 g/mol.